The largest absolute Gasteiger partial charge is 0.383 e. The Balaban J connectivity index is 1.65. The molecule has 3 unspecified atom stereocenters. The zero-order chi connectivity index (χ0) is 12.1. The molecule has 3 N–H and O–H groups in total. The van der Waals surface area contributed by atoms with Crippen molar-refractivity contribution in [2.75, 3.05) is 5.73 Å². The Morgan fingerprint density at radius 1 is 1.39 bits per heavy atom. The minimum Gasteiger partial charge on any atom is -0.383 e. The van der Waals surface area contributed by atoms with Gasteiger partial charge in [-0.2, -0.15) is 10.1 Å². The molecule has 0 radical (unpaired) electrons. The van der Waals surface area contributed by atoms with Gasteiger partial charge >= 0.3 is 0 Å². The van der Waals surface area contributed by atoms with Gasteiger partial charge in [-0.3, -0.25) is 5.10 Å². The predicted octanol–water partition coefficient (Wildman–Crippen LogP) is 1.08. The van der Waals surface area contributed by atoms with Gasteiger partial charge in [0, 0.05) is 0 Å². The molecule has 2 fully saturated rings. The number of aromatic amines is 1. The van der Waals surface area contributed by atoms with Gasteiger partial charge in [0.05, 0.1) is 24.3 Å². The van der Waals surface area contributed by atoms with E-state index in [0.29, 0.717) is 23.4 Å². The van der Waals surface area contributed by atoms with Crippen LogP contribution >= 0.6 is 0 Å². The fraction of sp³-hybridized carbons (Fsp3) is 0.545. The van der Waals surface area contributed by atoms with E-state index >= 15 is 0 Å². The van der Waals surface area contributed by atoms with Crippen molar-refractivity contribution in [3.8, 4) is 11.5 Å². The summed E-state index contributed by atoms with van der Waals surface area (Å²) in [7, 11) is 0. The van der Waals surface area contributed by atoms with Crippen molar-refractivity contribution in [1.82, 2.24) is 20.3 Å². The van der Waals surface area contributed by atoms with Crippen molar-refractivity contribution >= 4 is 5.82 Å². The summed E-state index contributed by atoms with van der Waals surface area (Å²) < 4.78 is 11.1. The van der Waals surface area contributed by atoms with Crippen molar-refractivity contribution < 1.29 is 9.26 Å². The van der Waals surface area contributed by atoms with Crippen LogP contribution in [0.2, 0.25) is 0 Å². The molecule has 4 rings (SSSR count). The summed E-state index contributed by atoms with van der Waals surface area (Å²) >= 11 is 0. The van der Waals surface area contributed by atoms with Crippen LogP contribution in [0.15, 0.2) is 10.7 Å². The van der Waals surface area contributed by atoms with E-state index in [9.17, 15) is 0 Å². The molecule has 2 aromatic rings. The van der Waals surface area contributed by atoms with Crippen LogP contribution in [0.5, 0.6) is 0 Å². The molecule has 2 aliphatic heterocycles. The number of rotatable bonds is 2. The summed E-state index contributed by atoms with van der Waals surface area (Å²) in [6.07, 6.45) is 5.45. The van der Waals surface area contributed by atoms with Crippen LogP contribution in [-0.4, -0.2) is 32.5 Å². The third-order valence-corrected chi connectivity index (χ3v) is 3.78. The van der Waals surface area contributed by atoms with Crippen LogP contribution in [0.4, 0.5) is 5.82 Å². The van der Waals surface area contributed by atoms with E-state index in [1.807, 2.05) is 0 Å². The van der Waals surface area contributed by atoms with Gasteiger partial charge in [-0.1, -0.05) is 5.16 Å². The second kappa shape index (κ2) is 3.55. The Bertz CT molecular complexity index is 578. The van der Waals surface area contributed by atoms with Gasteiger partial charge < -0.3 is 15.0 Å². The van der Waals surface area contributed by atoms with E-state index in [0.717, 1.165) is 25.1 Å². The van der Waals surface area contributed by atoms with E-state index in [1.54, 1.807) is 6.20 Å². The van der Waals surface area contributed by atoms with E-state index in [2.05, 4.69) is 20.3 Å². The normalized spacial score (nSPS) is 30.1. The highest BCUT2D eigenvalue weighted by Crippen LogP contribution is 2.43. The van der Waals surface area contributed by atoms with Crippen molar-refractivity contribution in [3.05, 3.63) is 12.0 Å². The number of hydrogen-bond acceptors (Lipinski definition) is 6. The van der Waals surface area contributed by atoms with Crippen LogP contribution in [0.3, 0.4) is 0 Å². The molecule has 2 aromatic heterocycles. The molecule has 2 bridgehead atoms. The summed E-state index contributed by atoms with van der Waals surface area (Å²) in [5.41, 5.74) is 6.38. The highest BCUT2D eigenvalue weighted by atomic mass is 16.5. The SMILES string of the molecule is Nc1[nH]ncc1-c1nc(C2CC3CCC2O3)no1. The Kier molecular flexibility index (Phi) is 1.99. The number of ether oxygens (including phenoxy) is 1. The first-order chi connectivity index (χ1) is 8.81. The molecule has 3 atom stereocenters. The van der Waals surface area contributed by atoms with Crippen molar-refractivity contribution in [2.45, 2.75) is 37.4 Å². The molecule has 4 heterocycles. The number of nitrogens with zero attached hydrogens (tertiary/aromatic N) is 3. The maximum absolute atomic E-state index is 5.80. The van der Waals surface area contributed by atoms with Gasteiger partial charge in [0.1, 0.15) is 11.4 Å². The number of nitrogens with two attached hydrogens (primary N) is 1. The summed E-state index contributed by atoms with van der Waals surface area (Å²) in [4.78, 5) is 4.42. The molecule has 0 saturated carbocycles. The first-order valence-corrected chi connectivity index (χ1v) is 6.09. The van der Waals surface area contributed by atoms with Gasteiger partial charge in [-0.25, -0.2) is 0 Å². The third-order valence-electron chi connectivity index (χ3n) is 3.78. The second-order valence-electron chi connectivity index (χ2n) is 4.87. The van der Waals surface area contributed by atoms with E-state index in [1.165, 1.54) is 0 Å². The molecule has 18 heavy (non-hydrogen) atoms. The monoisotopic (exact) mass is 247 g/mol. The maximum Gasteiger partial charge on any atom is 0.263 e. The van der Waals surface area contributed by atoms with Crippen molar-refractivity contribution in [3.63, 3.8) is 0 Å². The summed E-state index contributed by atoms with van der Waals surface area (Å²) in [5.74, 6) is 1.83. The number of hydrogen-bond donors (Lipinski definition) is 2. The molecule has 7 nitrogen and oxygen atoms in total. The van der Waals surface area contributed by atoms with Crippen molar-refractivity contribution in [1.29, 1.82) is 0 Å². The number of fused-ring (bicyclic) bond motifs is 2. The molecule has 7 heteroatoms. The molecule has 0 spiro atoms. The van der Waals surface area contributed by atoms with Crippen LogP contribution < -0.4 is 5.73 Å². The van der Waals surface area contributed by atoms with Crippen LogP contribution in [0.25, 0.3) is 11.5 Å². The molecular weight excluding hydrogens is 234 g/mol. The first kappa shape index (κ1) is 10.1. The number of H-pyrrole nitrogens is 1. The lowest BCUT2D eigenvalue weighted by molar-refractivity contribution is 0.0996. The fourth-order valence-electron chi connectivity index (χ4n) is 2.87. The average molecular weight is 247 g/mol. The quantitative estimate of drug-likeness (QED) is 0.823. The lowest BCUT2D eigenvalue weighted by Gasteiger charge is -2.13. The number of aromatic nitrogens is 4. The second-order valence-corrected chi connectivity index (χ2v) is 4.87. The van der Waals surface area contributed by atoms with E-state index < -0.39 is 0 Å². The Morgan fingerprint density at radius 2 is 2.33 bits per heavy atom. The maximum atomic E-state index is 5.80. The number of anilines is 1. The lowest BCUT2D eigenvalue weighted by atomic mass is 9.89. The standard InChI is InChI=1S/C11H13N5O2/c12-9-7(4-13-15-9)11-14-10(16-18-11)6-3-5-1-2-8(6)17-5/h4-6,8H,1-3H2,(H3,12,13,15). The number of nitrogen functional groups attached to an aromatic ring is 1. The van der Waals surface area contributed by atoms with Crippen LogP contribution in [-0.2, 0) is 4.74 Å². The van der Waals surface area contributed by atoms with Crippen molar-refractivity contribution in [2.24, 2.45) is 0 Å². The first-order valence-electron chi connectivity index (χ1n) is 6.09. The van der Waals surface area contributed by atoms with Gasteiger partial charge in [-0.15, -0.1) is 0 Å². The lowest BCUT2D eigenvalue weighted by Crippen LogP contribution is -2.15. The number of nitrogens with one attached hydrogen (secondary N) is 1. The Hall–Kier alpha value is -1.89. The zero-order valence-electron chi connectivity index (χ0n) is 9.67. The summed E-state index contributed by atoms with van der Waals surface area (Å²) in [6, 6.07) is 0. The minimum absolute atomic E-state index is 0.252. The highest BCUT2D eigenvalue weighted by Gasteiger charge is 2.43. The molecular formula is C11H13N5O2. The smallest absolute Gasteiger partial charge is 0.263 e. The molecule has 2 aliphatic rings. The highest BCUT2D eigenvalue weighted by molar-refractivity contribution is 5.65. The summed E-state index contributed by atoms with van der Waals surface area (Å²) in [5, 5.41) is 10.5. The molecule has 0 aromatic carbocycles. The van der Waals surface area contributed by atoms with Gasteiger partial charge in [0.25, 0.3) is 5.89 Å². The Labute approximate surface area is 103 Å². The molecule has 94 valence electrons. The topological polar surface area (TPSA) is 103 Å². The van der Waals surface area contributed by atoms with Gasteiger partial charge in [-0.05, 0) is 19.3 Å². The van der Waals surface area contributed by atoms with E-state index in [-0.39, 0.29) is 12.0 Å². The third kappa shape index (κ3) is 1.37. The van der Waals surface area contributed by atoms with Crippen LogP contribution in [0, 0.1) is 0 Å². The molecule has 0 aliphatic carbocycles. The Morgan fingerprint density at radius 3 is 3.00 bits per heavy atom. The average Bonchev–Trinajstić information content (AvgIpc) is 3.12. The van der Waals surface area contributed by atoms with Gasteiger partial charge in [0.15, 0.2) is 5.82 Å². The fourth-order valence-corrected chi connectivity index (χ4v) is 2.87. The van der Waals surface area contributed by atoms with Gasteiger partial charge in [0.2, 0.25) is 0 Å². The minimum atomic E-state index is 0.252. The summed E-state index contributed by atoms with van der Waals surface area (Å²) in [6.45, 7) is 0. The van der Waals surface area contributed by atoms with E-state index in [4.69, 9.17) is 15.0 Å². The predicted molar refractivity (Wildman–Crippen MR) is 61.5 cm³/mol. The van der Waals surface area contributed by atoms with Crippen LogP contribution in [0.1, 0.15) is 31.0 Å². The molecule has 0 amide bonds. The zero-order valence-corrected chi connectivity index (χ0v) is 9.67. The molecule has 2 saturated heterocycles.